The minimum atomic E-state index is 0.218. The lowest BCUT2D eigenvalue weighted by molar-refractivity contribution is 0.161. The molecule has 6 nitrogen and oxygen atoms in total. The first-order chi connectivity index (χ1) is 9.24. The van der Waals surface area contributed by atoms with Gasteiger partial charge in [-0.05, 0) is 32.0 Å². The third-order valence-corrected chi connectivity index (χ3v) is 2.98. The number of nitrogens with one attached hydrogen (secondary N) is 1. The van der Waals surface area contributed by atoms with E-state index in [1.807, 2.05) is 0 Å². The van der Waals surface area contributed by atoms with Crippen LogP contribution in [0.15, 0.2) is 4.52 Å². The fourth-order valence-corrected chi connectivity index (χ4v) is 1.91. The number of rotatable bonds is 10. The molecule has 0 aliphatic carbocycles. The monoisotopic (exact) mass is 270 g/mol. The van der Waals surface area contributed by atoms with Crippen molar-refractivity contribution in [3.05, 3.63) is 5.89 Å². The largest absolute Gasteiger partial charge is 0.383 e. The molecule has 1 N–H and O–H groups in total. The third-order valence-electron chi connectivity index (χ3n) is 2.98. The zero-order valence-electron chi connectivity index (χ0n) is 12.5. The van der Waals surface area contributed by atoms with Crippen LogP contribution in [0.1, 0.15) is 33.1 Å². The second-order valence-electron chi connectivity index (χ2n) is 4.47. The van der Waals surface area contributed by atoms with Gasteiger partial charge in [-0.25, -0.2) is 0 Å². The van der Waals surface area contributed by atoms with Gasteiger partial charge in [-0.15, -0.1) is 0 Å². The maximum absolute atomic E-state index is 5.31. The fourth-order valence-electron chi connectivity index (χ4n) is 1.91. The highest BCUT2D eigenvalue weighted by atomic mass is 16.5. The van der Waals surface area contributed by atoms with Gasteiger partial charge in [0.15, 0.2) is 0 Å². The Bertz CT molecular complexity index is 339. The molecule has 0 aliphatic rings. The van der Waals surface area contributed by atoms with E-state index in [-0.39, 0.29) is 6.04 Å². The molecule has 0 bridgehead atoms. The first-order valence-electron chi connectivity index (χ1n) is 7.04. The summed E-state index contributed by atoms with van der Waals surface area (Å²) in [4.78, 5) is 6.50. The van der Waals surface area contributed by atoms with E-state index in [0.29, 0.717) is 24.9 Å². The molecule has 1 atom stereocenters. The van der Waals surface area contributed by atoms with Crippen LogP contribution in [0, 0.1) is 0 Å². The molecule has 0 saturated heterocycles. The molecule has 0 amide bonds. The molecule has 1 aromatic heterocycles. The van der Waals surface area contributed by atoms with Crippen LogP contribution in [0.25, 0.3) is 0 Å². The maximum Gasteiger partial charge on any atom is 0.266 e. The van der Waals surface area contributed by atoms with E-state index in [1.165, 1.54) is 0 Å². The van der Waals surface area contributed by atoms with Crippen molar-refractivity contribution in [2.24, 2.45) is 0 Å². The van der Waals surface area contributed by atoms with Crippen molar-refractivity contribution < 1.29 is 9.26 Å². The summed E-state index contributed by atoms with van der Waals surface area (Å²) < 4.78 is 10.5. The van der Waals surface area contributed by atoms with Gasteiger partial charge < -0.3 is 19.5 Å². The standard InChI is InChI=1S/C13H26N4O2/c1-5-8-14-11(10-18-4)9-12-15-13(16-19-12)17(6-2)7-3/h11,14H,5-10H2,1-4H3. The van der Waals surface area contributed by atoms with E-state index in [0.717, 1.165) is 26.1 Å². The lowest BCUT2D eigenvalue weighted by Gasteiger charge is -2.15. The molecule has 0 saturated carbocycles. The van der Waals surface area contributed by atoms with Gasteiger partial charge in [0, 0.05) is 32.7 Å². The molecule has 1 aromatic rings. The van der Waals surface area contributed by atoms with E-state index in [1.54, 1.807) is 7.11 Å². The summed E-state index contributed by atoms with van der Waals surface area (Å²) in [6, 6.07) is 0.218. The molecule has 0 spiro atoms. The average molecular weight is 270 g/mol. The molecule has 1 rings (SSSR count). The van der Waals surface area contributed by atoms with Gasteiger partial charge in [-0.2, -0.15) is 4.98 Å². The smallest absolute Gasteiger partial charge is 0.266 e. The first-order valence-corrected chi connectivity index (χ1v) is 7.04. The second-order valence-corrected chi connectivity index (χ2v) is 4.47. The SMILES string of the molecule is CCCNC(COC)Cc1nc(N(CC)CC)no1. The normalized spacial score (nSPS) is 12.6. The van der Waals surface area contributed by atoms with Crippen molar-refractivity contribution in [1.82, 2.24) is 15.5 Å². The number of aromatic nitrogens is 2. The van der Waals surface area contributed by atoms with Gasteiger partial charge in [0.05, 0.1) is 6.61 Å². The van der Waals surface area contributed by atoms with E-state index < -0.39 is 0 Å². The van der Waals surface area contributed by atoms with Crippen LogP contribution in [-0.2, 0) is 11.2 Å². The molecule has 0 radical (unpaired) electrons. The molecule has 19 heavy (non-hydrogen) atoms. The zero-order chi connectivity index (χ0) is 14.1. The van der Waals surface area contributed by atoms with Gasteiger partial charge >= 0.3 is 0 Å². The Morgan fingerprint density at radius 2 is 2.05 bits per heavy atom. The summed E-state index contributed by atoms with van der Waals surface area (Å²) in [5.74, 6) is 1.33. The van der Waals surface area contributed by atoms with Gasteiger partial charge in [0.2, 0.25) is 5.89 Å². The van der Waals surface area contributed by atoms with Crippen LogP contribution in [0.3, 0.4) is 0 Å². The highest BCUT2D eigenvalue weighted by molar-refractivity contribution is 5.26. The molecular formula is C13H26N4O2. The zero-order valence-corrected chi connectivity index (χ0v) is 12.5. The van der Waals surface area contributed by atoms with E-state index >= 15 is 0 Å². The Morgan fingerprint density at radius 1 is 1.32 bits per heavy atom. The Morgan fingerprint density at radius 3 is 2.63 bits per heavy atom. The number of hydrogen-bond acceptors (Lipinski definition) is 6. The summed E-state index contributed by atoms with van der Waals surface area (Å²) in [5, 5.41) is 7.44. The van der Waals surface area contributed by atoms with E-state index in [9.17, 15) is 0 Å². The van der Waals surface area contributed by atoms with Crippen molar-refractivity contribution in [3.8, 4) is 0 Å². The highest BCUT2D eigenvalue weighted by Gasteiger charge is 2.16. The Kier molecular flexibility index (Phi) is 7.43. The lowest BCUT2D eigenvalue weighted by Crippen LogP contribution is -2.35. The third kappa shape index (κ3) is 5.16. The predicted molar refractivity (Wildman–Crippen MR) is 75.5 cm³/mol. The van der Waals surface area contributed by atoms with Crippen LogP contribution < -0.4 is 10.2 Å². The molecule has 6 heteroatoms. The summed E-state index contributed by atoms with van der Waals surface area (Å²) in [6.45, 7) is 9.67. The Labute approximate surface area is 115 Å². The maximum atomic E-state index is 5.31. The van der Waals surface area contributed by atoms with Gasteiger partial charge in [0.1, 0.15) is 0 Å². The molecule has 1 heterocycles. The van der Waals surface area contributed by atoms with Gasteiger partial charge in [-0.3, -0.25) is 0 Å². The van der Waals surface area contributed by atoms with Crippen molar-refractivity contribution in [2.75, 3.05) is 38.3 Å². The number of methoxy groups -OCH3 is 1. The molecule has 110 valence electrons. The summed E-state index contributed by atoms with van der Waals surface area (Å²) in [5.41, 5.74) is 0. The van der Waals surface area contributed by atoms with E-state index in [2.05, 4.69) is 41.1 Å². The van der Waals surface area contributed by atoms with Crippen molar-refractivity contribution in [2.45, 2.75) is 39.7 Å². The molecular weight excluding hydrogens is 244 g/mol. The van der Waals surface area contributed by atoms with Crippen LogP contribution >= 0.6 is 0 Å². The molecule has 0 aromatic carbocycles. The number of ether oxygens (including phenoxy) is 1. The summed E-state index contributed by atoms with van der Waals surface area (Å²) >= 11 is 0. The summed E-state index contributed by atoms with van der Waals surface area (Å²) in [6.07, 6.45) is 1.79. The van der Waals surface area contributed by atoms with Crippen LogP contribution in [0.5, 0.6) is 0 Å². The van der Waals surface area contributed by atoms with Gasteiger partial charge in [0.25, 0.3) is 5.95 Å². The number of anilines is 1. The number of nitrogens with zero attached hydrogens (tertiary/aromatic N) is 3. The van der Waals surface area contributed by atoms with Crippen LogP contribution in [-0.4, -0.2) is 49.5 Å². The molecule has 0 aliphatic heterocycles. The van der Waals surface area contributed by atoms with Crippen molar-refractivity contribution in [3.63, 3.8) is 0 Å². The summed E-state index contributed by atoms with van der Waals surface area (Å²) in [7, 11) is 1.70. The van der Waals surface area contributed by atoms with Gasteiger partial charge in [-0.1, -0.05) is 6.92 Å². The second kappa shape index (κ2) is 8.87. The lowest BCUT2D eigenvalue weighted by atomic mass is 10.2. The molecule has 1 unspecified atom stereocenters. The Balaban J connectivity index is 2.58. The highest BCUT2D eigenvalue weighted by Crippen LogP contribution is 2.10. The van der Waals surface area contributed by atoms with Crippen molar-refractivity contribution >= 4 is 5.95 Å². The number of hydrogen-bond donors (Lipinski definition) is 1. The topological polar surface area (TPSA) is 63.4 Å². The Hall–Kier alpha value is -1.14. The molecule has 0 fully saturated rings. The minimum Gasteiger partial charge on any atom is -0.383 e. The van der Waals surface area contributed by atoms with Crippen LogP contribution in [0.2, 0.25) is 0 Å². The van der Waals surface area contributed by atoms with E-state index in [4.69, 9.17) is 9.26 Å². The first kappa shape index (κ1) is 15.9. The quantitative estimate of drug-likeness (QED) is 0.694. The fraction of sp³-hybridized carbons (Fsp3) is 0.846. The average Bonchev–Trinajstić information content (AvgIpc) is 2.86. The van der Waals surface area contributed by atoms with Crippen LogP contribution in [0.4, 0.5) is 5.95 Å². The van der Waals surface area contributed by atoms with Crippen molar-refractivity contribution in [1.29, 1.82) is 0 Å². The minimum absolute atomic E-state index is 0.218. The predicted octanol–water partition coefficient (Wildman–Crippen LogP) is 1.47.